The Balaban J connectivity index is 1.95. The predicted molar refractivity (Wildman–Crippen MR) is 72.3 cm³/mol. The summed E-state index contributed by atoms with van der Waals surface area (Å²) < 4.78 is 5.38. The number of hydrogen-bond acceptors (Lipinski definition) is 4. The minimum Gasteiger partial charge on any atom is -0.483 e. The van der Waals surface area contributed by atoms with Gasteiger partial charge in [-0.15, -0.1) is 0 Å². The Labute approximate surface area is 117 Å². The van der Waals surface area contributed by atoms with E-state index in [4.69, 9.17) is 10.5 Å². The van der Waals surface area contributed by atoms with Gasteiger partial charge in [0.2, 0.25) is 0 Å². The second-order valence-corrected chi connectivity index (χ2v) is 4.78. The molecule has 1 aromatic carbocycles. The van der Waals surface area contributed by atoms with Crippen LogP contribution in [0.15, 0.2) is 24.3 Å². The Bertz CT molecular complexity index is 504. The minimum atomic E-state index is -0.596. The van der Waals surface area contributed by atoms with Crippen LogP contribution < -0.4 is 10.5 Å². The largest absolute Gasteiger partial charge is 0.483 e. The molecule has 108 valence electrons. The number of carbonyl (C=O) groups excluding carboxylic acids is 2. The van der Waals surface area contributed by atoms with E-state index >= 15 is 0 Å². The molecule has 2 amide bonds. The quantitative estimate of drug-likeness (QED) is 0.819. The molecule has 1 atom stereocenters. The number of aliphatic hydroxyl groups is 1. The summed E-state index contributed by atoms with van der Waals surface area (Å²) in [6, 6.07) is 6.53. The third-order valence-electron chi connectivity index (χ3n) is 3.25. The van der Waals surface area contributed by atoms with E-state index in [1.807, 2.05) is 0 Å². The summed E-state index contributed by atoms with van der Waals surface area (Å²) in [6.07, 6.45) is 1.03. The van der Waals surface area contributed by atoms with Gasteiger partial charge in [-0.25, -0.2) is 0 Å². The SMILES string of the molecule is NC(=O)c1ccccc1OCC(=O)N1CCC[C@H](O)C1. The van der Waals surface area contributed by atoms with Crippen LogP contribution >= 0.6 is 0 Å². The van der Waals surface area contributed by atoms with Crippen LogP contribution in [0.2, 0.25) is 0 Å². The number of likely N-dealkylation sites (tertiary alicyclic amines) is 1. The zero-order valence-corrected chi connectivity index (χ0v) is 11.1. The fourth-order valence-corrected chi connectivity index (χ4v) is 2.21. The lowest BCUT2D eigenvalue weighted by Crippen LogP contribution is -2.44. The number of aliphatic hydroxyl groups excluding tert-OH is 1. The van der Waals surface area contributed by atoms with Crippen LogP contribution in [0.3, 0.4) is 0 Å². The van der Waals surface area contributed by atoms with E-state index in [0.29, 0.717) is 18.8 Å². The molecule has 0 aliphatic carbocycles. The highest BCUT2D eigenvalue weighted by atomic mass is 16.5. The zero-order chi connectivity index (χ0) is 14.5. The Kier molecular flexibility index (Phi) is 4.57. The normalized spacial score (nSPS) is 18.6. The molecule has 6 heteroatoms. The summed E-state index contributed by atoms with van der Waals surface area (Å²) in [5, 5.41) is 9.53. The summed E-state index contributed by atoms with van der Waals surface area (Å²) in [7, 11) is 0. The van der Waals surface area contributed by atoms with Crippen molar-refractivity contribution < 1.29 is 19.4 Å². The lowest BCUT2D eigenvalue weighted by Gasteiger charge is -2.30. The number of para-hydroxylation sites is 1. The van der Waals surface area contributed by atoms with Gasteiger partial charge in [-0.3, -0.25) is 9.59 Å². The van der Waals surface area contributed by atoms with Gasteiger partial charge in [0.05, 0.1) is 11.7 Å². The molecule has 20 heavy (non-hydrogen) atoms. The highest BCUT2D eigenvalue weighted by Crippen LogP contribution is 2.17. The second-order valence-electron chi connectivity index (χ2n) is 4.78. The fraction of sp³-hybridized carbons (Fsp3) is 0.429. The van der Waals surface area contributed by atoms with Gasteiger partial charge in [-0.1, -0.05) is 12.1 Å². The van der Waals surface area contributed by atoms with E-state index in [9.17, 15) is 14.7 Å². The molecule has 1 heterocycles. The smallest absolute Gasteiger partial charge is 0.260 e. The van der Waals surface area contributed by atoms with Gasteiger partial charge < -0.3 is 20.5 Å². The Morgan fingerprint density at radius 1 is 1.40 bits per heavy atom. The Morgan fingerprint density at radius 2 is 2.15 bits per heavy atom. The van der Waals surface area contributed by atoms with Crippen molar-refractivity contribution in [2.24, 2.45) is 5.73 Å². The molecule has 1 aliphatic heterocycles. The molecule has 6 nitrogen and oxygen atoms in total. The molecule has 1 saturated heterocycles. The molecule has 1 aliphatic rings. The first-order valence-electron chi connectivity index (χ1n) is 6.55. The van der Waals surface area contributed by atoms with E-state index < -0.39 is 12.0 Å². The van der Waals surface area contributed by atoms with Gasteiger partial charge in [-0.05, 0) is 25.0 Å². The van der Waals surface area contributed by atoms with E-state index in [1.54, 1.807) is 29.2 Å². The zero-order valence-electron chi connectivity index (χ0n) is 11.1. The number of rotatable bonds is 4. The van der Waals surface area contributed by atoms with Crippen LogP contribution in [0.4, 0.5) is 0 Å². The number of carbonyl (C=O) groups is 2. The van der Waals surface area contributed by atoms with E-state index in [-0.39, 0.29) is 18.1 Å². The van der Waals surface area contributed by atoms with Gasteiger partial charge >= 0.3 is 0 Å². The van der Waals surface area contributed by atoms with Gasteiger partial charge in [0, 0.05) is 13.1 Å². The summed E-state index contributed by atoms with van der Waals surface area (Å²) >= 11 is 0. The molecule has 1 aromatic rings. The fourth-order valence-electron chi connectivity index (χ4n) is 2.21. The maximum Gasteiger partial charge on any atom is 0.260 e. The molecule has 2 rings (SSSR count). The van der Waals surface area contributed by atoms with Crippen molar-refractivity contribution >= 4 is 11.8 Å². The molecule has 0 radical (unpaired) electrons. The van der Waals surface area contributed by atoms with Gasteiger partial charge in [0.1, 0.15) is 5.75 Å². The number of ether oxygens (including phenoxy) is 1. The van der Waals surface area contributed by atoms with Crippen LogP contribution in [0.1, 0.15) is 23.2 Å². The molecule has 0 aromatic heterocycles. The number of nitrogens with zero attached hydrogens (tertiary/aromatic N) is 1. The predicted octanol–water partition coefficient (Wildman–Crippen LogP) is 0.148. The summed E-state index contributed by atoms with van der Waals surface area (Å²) in [6.45, 7) is 0.785. The molecule has 0 bridgehead atoms. The monoisotopic (exact) mass is 278 g/mol. The van der Waals surface area contributed by atoms with Crippen molar-refractivity contribution in [1.82, 2.24) is 4.90 Å². The Morgan fingerprint density at radius 3 is 2.85 bits per heavy atom. The molecule has 0 saturated carbocycles. The number of piperidine rings is 1. The van der Waals surface area contributed by atoms with Crippen molar-refractivity contribution in [3.8, 4) is 5.75 Å². The molecular weight excluding hydrogens is 260 g/mol. The van der Waals surface area contributed by atoms with Crippen LogP contribution in [0, 0.1) is 0 Å². The number of amides is 2. The van der Waals surface area contributed by atoms with Gasteiger partial charge in [0.15, 0.2) is 6.61 Å². The molecule has 0 unspecified atom stereocenters. The summed E-state index contributed by atoms with van der Waals surface area (Å²) in [5.74, 6) is -0.504. The average Bonchev–Trinajstić information content (AvgIpc) is 2.45. The van der Waals surface area contributed by atoms with Crippen molar-refractivity contribution in [3.63, 3.8) is 0 Å². The average molecular weight is 278 g/mol. The highest BCUT2D eigenvalue weighted by Gasteiger charge is 2.22. The maximum absolute atomic E-state index is 12.0. The van der Waals surface area contributed by atoms with Crippen LogP contribution in [-0.4, -0.2) is 47.6 Å². The van der Waals surface area contributed by atoms with Gasteiger partial charge in [-0.2, -0.15) is 0 Å². The standard InChI is InChI=1S/C14H18N2O4/c15-14(19)11-5-1-2-6-12(11)20-9-13(18)16-7-3-4-10(17)8-16/h1-2,5-6,10,17H,3-4,7-9H2,(H2,15,19)/t10-/m0/s1. The molecule has 3 N–H and O–H groups in total. The first-order valence-corrected chi connectivity index (χ1v) is 6.55. The number of nitrogens with two attached hydrogens (primary N) is 1. The van der Waals surface area contributed by atoms with E-state index in [2.05, 4.69) is 0 Å². The van der Waals surface area contributed by atoms with Crippen LogP contribution in [-0.2, 0) is 4.79 Å². The number of hydrogen-bond donors (Lipinski definition) is 2. The molecule has 1 fully saturated rings. The van der Waals surface area contributed by atoms with Gasteiger partial charge in [0.25, 0.3) is 11.8 Å². The highest BCUT2D eigenvalue weighted by molar-refractivity contribution is 5.95. The first kappa shape index (κ1) is 14.3. The first-order chi connectivity index (χ1) is 9.58. The number of β-amino-alcohol motifs (C(OH)–C–C–N with tert-alkyl or cyclic N) is 1. The maximum atomic E-state index is 12.0. The number of primary amides is 1. The van der Waals surface area contributed by atoms with Crippen LogP contribution in [0.25, 0.3) is 0 Å². The van der Waals surface area contributed by atoms with E-state index in [0.717, 1.165) is 12.8 Å². The second kappa shape index (κ2) is 6.38. The lowest BCUT2D eigenvalue weighted by atomic mass is 10.1. The third-order valence-corrected chi connectivity index (χ3v) is 3.25. The van der Waals surface area contributed by atoms with Crippen molar-refractivity contribution in [1.29, 1.82) is 0 Å². The summed E-state index contributed by atoms with van der Waals surface area (Å²) in [4.78, 5) is 24.8. The minimum absolute atomic E-state index is 0.170. The van der Waals surface area contributed by atoms with Crippen LogP contribution in [0.5, 0.6) is 5.75 Å². The summed E-state index contributed by atoms with van der Waals surface area (Å²) in [5.41, 5.74) is 5.48. The third kappa shape index (κ3) is 3.48. The molecular formula is C14H18N2O4. The lowest BCUT2D eigenvalue weighted by molar-refractivity contribution is -0.136. The van der Waals surface area contributed by atoms with Crippen molar-refractivity contribution in [2.75, 3.05) is 19.7 Å². The topological polar surface area (TPSA) is 92.9 Å². The van der Waals surface area contributed by atoms with Crippen molar-refractivity contribution in [2.45, 2.75) is 18.9 Å². The van der Waals surface area contributed by atoms with Crippen molar-refractivity contribution in [3.05, 3.63) is 29.8 Å². The molecule has 0 spiro atoms. The number of benzene rings is 1. The van der Waals surface area contributed by atoms with E-state index in [1.165, 1.54) is 0 Å². The Hall–Kier alpha value is -2.08.